The molecule has 0 radical (unpaired) electrons. The highest BCUT2D eigenvalue weighted by atomic mass is 32.2. The van der Waals surface area contributed by atoms with Crippen molar-refractivity contribution < 1.29 is 0 Å². The van der Waals surface area contributed by atoms with Gasteiger partial charge in [-0.2, -0.15) is 0 Å². The fourth-order valence-electron chi connectivity index (χ4n) is 2.44. The summed E-state index contributed by atoms with van der Waals surface area (Å²) in [4.78, 5) is 11.1. The summed E-state index contributed by atoms with van der Waals surface area (Å²) in [5.74, 6) is 7.73. The summed E-state index contributed by atoms with van der Waals surface area (Å²) in [5.41, 5.74) is 2.58. The zero-order valence-electron chi connectivity index (χ0n) is 12.2. The Hall–Kier alpha value is -1.05. The number of nitrogens with two attached hydrogens (primary N) is 1. The van der Waals surface area contributed by atoms with Crippen LogP contribution in [0.3, 0.4) is 0 Å². The van der Waals surface area contributed by atoms with Crippen LogP contribution in [0.25, 0.3) is 0 Å². The third-order valence-electron chi connectivity index (χ3n) is 3.73. The molecule has 4 N–H and O–H groups in total. The van der Waals surface area contributed by atoms with Gasteiger partial charge in [0.2, 0.25) is 0 Å². The average molecular weight is 296 g/mol. The number of nitrogens with zero attached hydrogens (tertiary/aromatic N) is 3. The van der Waals surface area contributed by atoms with Gasteiger partial charge in [0, 0.05) is 12.6 Å². The van der Waals surface area contributed by atoms with Gasteiger partial charge in [-0.05, 0) is 51.6 Å². The summed E-state index contributed by atoms with van der Waals surface area (Å²) >= 11 is 1.51. The monoisotopic (exact) mass is 296 g/mol. The minimum Gasteiger partial charge on any atom is -0.370 e. The van der Waals surface area contributed by atoms with Gasteiger partial charge in [0.05, 0.1) is 0 Å². The number of nitrogens with one attached hydrogen (secondary N) is 2. The van der Waals surface area contributed by atoms with Crippen LogP contribution in [0, 0.1) is 5.92 Å². The Morgan fingerprint density at radius 2 is 2.05 bits per heavy atom. The van der Waals surface area contributed by atoms with E-state index < -0.39 is 0 Å². The lowest BCUT2D eigenvalue weighted by molar-refractivity contribution is 0.215. The molecule has 2 heterocycles. The van der Waals surface area contributed by atoms with Gasteiger partial charge in [-0.15, -0.1) is 0 Å². The van der Waals surface area contributed by atoms with Crippen LogP contribution in [0.2, 0.25) is 0 Å². The molecular formula is C13H24N6S. The summed E-state index contributed by atoms with van der Waals surface area (Å²) in [5, 5.41) is 4.10. The Morgan fingerprint density at radius 3 is 2.70 bits per heavy atom. The molecular weight excluding hydrogens is 272 g/mol. The van der Waals surface area contributed by atoms with Gasteiger partial charge in [-0.3, -0.25) is 0 Å². The largest absolute Gasteiger partial charge is 0.370 e. The lowest BCUT2D eigenvalue weighted by Gasteiger charge is -2.28. The van der Waals surface area contributed by atoms with Crippen LogP contribution < -0.4 is 16.6 Å². The minimum absolute atomic E-state index is 0.645. The van der Waals surface area contributed by atoms with Gasteiger partial charge in [0.15, 0.2) is 5.16 Å². The average Bonchev–Trinajstić information content (AvgIpc) is 2.49. The number of hydrazine groups is 1. The summed E-state index contributed by atoms with van der Waals surface area (Å²) < 4.78 is 0. The van der Waals surface area contributed by atoms with Crippen LogP contribution in [-0.4, -0.2) is 47.8 Å². The number of hydrogen-bond acceptors (Lipinski definition) is 7. The smallest absolute Gasteiger partial charge is 0.191 e. The number of thioether (sulfide) groups is 1. The first kappa shape index (κ1) is 15.3. The van der Waals surface area contributed by atoms with Gasteiger partial charge < -0.3 is 15.6 Å². The van der Waals surface area contributed by atoms with E-state index in [2.05, 4.69) is 32.7 Å². The quantitative estimate of drug-likeness (QED) is 0.319. The van der Waals surface area contributed by atoms with E-state index in [-0.39, 0.29) is 0 Å². The van der Waals surface area contributed by atoms with E-state index in [1.165, 1.54) is 44.1 Å². The lowest BCUT2D eigenvalue weighted by Crippen LogP contribution is -2.30. The van der Waals surface area contributed by atoms with Gasteiger partial charge >= 0.3 is 0 Å². The first-order valence-electron chi connectivity index (χ1n) is 7.03. The number of rotatable bonds is 6. The number of piperidine rings is 1. The standard InChI is InChI=1S/C13H24N6S/c1-19-7-4-10(5-8-19)3-6-15-11-9-12(18-14)17-13(16-11)20-2/h9-10H,3-8,14H2,1-2H3,(H2,15,16,17,18). The molecule has 112 valence electrons. The van der Waals surface area contributed by atoms with E-state index in [0.29, 0.717) is 5.82 Å². The molecule has 0 amide bonds. The van der Waals surface area contributed by atoms with Crippen LogP contribution in [-0.2, 0) is 0 Å². The molecule has 0 aromatic carbocycles. The normalized spacial score (nSPS) is 17.1. The minimum atomic E-state index is 0.645. The highest BCUT2D eigenvalue weighted by molar-refractivity contribution is 7.98. The number of anilines is 2. The lowest BCUT2D eigenvalue weighted by atomic mass is 9.94. The molecule has 2 rings (SSSR count). The molecule has 1 aromatic heterocycles. The van der Waals surface area contributed by atoms with Crippen LogP contribution in [0.1, 0.15) is 19.3 Å². The van der Waals surface area contributed by atoms with Crippen LogP contribution in [0.5, 0.6) is 0 Å². The zero-order valence-corrected chi connectivity index (χ0v) is 13.0. The van der Waals surface area contributed by atoms with Gasteiger partial charge in [0.1, 0.15) is 11.6 Å². The molecule has 1 aliphatic heterocycles. The molecule has 0 atom stereocenters. The third-order valence-corrected chi connectivity index (χ3v) is 4.28. The molecule has 1 saturated heterocycles. The van der Waals surface area contributed by atoms with Gasteiger partial charge in [0.25, 0.3) is 0 Å². The van der Waals surface area contributed by atoms with Crippen molar-refractivity contribution in [1.29, 1.82) is 0 Å². The maximum absolute atomic E-state index is 5.42. The van der Waals surface area contributed by atoms with Crippen molar-refractivity contribution in [3.63, 3.8) is 0 Å². The molecule has 1 aliphatic rings. The molecule has 1 aromatic rings. The molecule has 0 spiro atoms. The molecule has 0 bridgehead atoms. The Labute approximate surface area is 124 Å². The van der Waals surface area contributed by atoms with E-state index in [9.17, 15) is 0 Å². The number of nitrogen functional groups attached to an aromatic ring is 1. The topological polar surface area (TPSA) is 79.1 Å². The summed E-state index contributed by atoms with van der Waals surface area (Å²) in [6.07, 6.45) is 5.75. The van der Waals surface area contributed by atoms with Crippen molar-refractivity contribution >= 4 is 23.4 Å². The summed E-state index contributed by atoms with van der Waals surface area (Å²) in [6.45, 7) is 3.38. The highest BCUT2D eigenvalue weighted by Gasteiger charge is 2.16. The van der Waals surface area contributed by atoms with E-state index >= 15 is 0 Å². The second kappa shape index (κ2) is 7.66. The fourth-order valence-corrected chi connectivity index (χ4v) is 2.82. The van der Waals surface area contributed by atoms with E-state index in [1.54, 1.807) is 0 Å². The Bertz CT molecular complexity index is 397. The van der Waals surface area contributed by atoms with Gasteiger partial charge in [-0.25, -0.2) is 15.8 Å². The van der Waals surface area contributed by atoms with Crippen molar-refractivity contribution in [2.45, 2.75) is 24.4 Å². The van der Waals surface area contributed by atoms with Crippen LogP contribution in [0.4, 0.5) is 11.6 Å². The van der Waals surface area contributed by atoms with E-state index in [0.717, 1.165) is 23.4 Å². The maximum Gasteiger partial charge on any atom is 0.191 e. The van der Waals surface area contributed by atoms with E-state index in [4.69, 9.17) is 5.84 Å². The van der Waals surface area contributed by atoms with Crippen molar-refractivity contribution in [2.75, 3.05) is 43.7 Å². The van der Waals surface area contributed by atoms with Crippen molar-refractivity contribution in [1.82, 2.24) is 14.9 Å². The first-order valence-corrected chi connectivity index (χ1v) is 8.26. The van der Waals surface area contributed by atoms with Crippen LogP contribution in [0.15, 0.2) is 11.2 Å². The SMILES string of the molecule is CSc1nc(NN)cc(NCCC2CCN(C)CC2)n1. The Kier molecular flexibility index (Phi) is 5.87. The second-order valence-corrected chi connectivity index (χ2v) is 6.00. The highest BCUT2D eigenvalue weighted by Crippen LogP contribution is 2.20. The fraction of sp³-hybridized carbons (Fsp3) is 0.692. The molecule has 1 fully saturated rings. The molecule has 6 nitrogen and oxygen atoms in total. The first-order chi connectivity index (χ1) is 9.71. The number of likely N-dealkylation sites (tertiary alicyclic amines) is 1. The number of aromatic nitrogens is 2. The second-order valence-electron chi connectivity index (χ2n) is 5.23. The zero-order chi connectivity index (χ0) is 14.4. The van der Waals surface area contributed by atoms with Gasteiger partial charge in [-0.1, -0.05) is 11.8 Å². The van der Waals surface area contributed by atoms with Crippen molar-refractivity contribution in [3.8, 4) is 0 Å². The maximum atomic E-state index is 5.42. The molecule has 0 aliphatic carbocycles. The van der Waals surface area contributed by atoms with E-state index in [1.807, 2.05) is 12.3 Å². The summed E-state index contributed by atoms with van der Waals surface area (Å²) in [6, 6.07) is 1.84. The predicted octanol–water partition coefficient (Wildman–Crippen LogP) is 1.63. The van der Waals surface area contributed by atoms with Crippen LogP contribution >= 0.6 is 11.8 Å². The van der Waals surface area contributed by atoms with Crippen molar-refractivity contribution in [2.24, 2.45) is 11.8 Å². The molecule has 20 heavy (non-hydrogen) atoms. The Morgan fingerprint density at radius 1 is 1.35 bits per heavy atom. The summed E-state index contributed by atoms with van der Waals surface area (Å²) in [7, 11) is 2.20. The van der Waals surface area contributed by atoms with Crippen molar-refractivity contribution in [3.05, 3.63) is 6.07 Å². The number of hydrogen-bond donors (Lipinski definition) is 3. The molecule has 7 heteroatoms. The third kappa shape index (κ3) is 4.50. The predicted molar refractivity (Wildman–Crippen MR) is 85.0 cm³/mol. The molecule has 0 unspecified atom stereocenters. The molecule has 0 saturated carbocycles. The Balaban J connectivity index is 1.81.